The Kier molecular flexibility index (Phi) is 8.21. The van der Waals surface area contributed by atoms with E-state index in [9.17, 15) is 18.3 Å². The van der Waals surface area contributed by atoms with Gasteiger partial charge < -0.3 is 44.9 Å². The van der Waals surface area contributed by atoms with Crippen molar-refractivity contribution in [2.75, 3.05) is 24.8 Å². The SMILES string of the molecule is NC(CP(=O)(O)O)C(CP(=O)(O)O)(CP(=O)(O)O)NCP(=O)(O)O. The monoisotopic (exact) mass is 436 g/mol. The second kappa shape index (κ2) is 8.04. The summed E-state index contributed by atoms with van der Waals surface area (Å²) >= 11 is 0. The van der Waals surface area contributed by atoms with Gasteiger partial charge in [0.2, 0.25) is 0 Å². The fraction of sp³-hybridized carbons (Fsp3) is 1.00. The molecule has 11 N–H and O–H groups in total. The van der Waals surface area contributed by atoms with E-state index in [-0.39, 0.29) is 0 Å². The van der Waals surface area contributed by atoms with Crippen LogP contribution in [0.3, 0.4) is 0 Å². The Morgan fingerprint density at radius 2 is 1.12 bits per heavy atom. The van der Waals surface area contributed by atoms with Crippen molar-refractivity contribution in [3.8, 4) is 0 Å². The summed E-state index contributed by atoms with van der Waals surface area (Å²) in [6, 6.07) is -1.94. The van der Waals surface area contributed by atoms with Crippen LogP contribution in [0.4, 0.5) is 0 Å². The van der Waals surface area contributed by atoms with Gasteiger partial charge in [0.25, 0.3) is 0 Å². The Morgan fingerprint density at radius 3 is 1.38 bits per heavy atom. The van der Waals surface area contributed by atoms with Gasteiger partial charge in [0, 0.05) is 6.04 Å². The minimum Gasteiger partial charge on any atom is -0.326 e. The average Bonchev–Trinajstić information content (AvgIpc) is 2.17. The molecule has 0 bridgehead atoms. The molecule has 0 aromatic carbocycles. The second-order valence-electron chi connectivity index (χ2n) is 5.26. The molecular formula is C6H20N2O12P4. The molecule has 0 fully saturated rings. The third-order valence-electron chi connectivity index (χ3n) is 2.76. The van der Waals surface area contributed by atoms with E-state index >= 15 is 0 Å². The van der Waals surface area contributed by atoms with Gasteiger partial charge in [0.15, 0.2) is 0 Å². The highest BCUT2D eigenvalue weighted by Gasteiger charge is 2.48. The predicted molar refractivity (Wildman–Crippen MR) is 81.5 cm³/mol. The van der Waals surface area contributed by atoms with E-state index in [0.717, 1.165) is 0 Å². The fourth-order valence-electron chi connectivity index (χ4n) is 1.95. The summed E-state index contributed by atoms with van der Waals surface area (Å²) in [6.45, 7) is 0. The second-order valence-corrected chi connectivity index (χ2v) is 11.9. The first-order chi connectivity index (χ1) is 10.2. The van der Waals surface area contributed by atoms with Gasteiger partial charge >= 0.3 is 30.4 Å². The maximum atomic E-state index is 11.3. The molecule has 0 saturated carbocycles. The van der Waals surface area contributed by atoms with Crippen molar-refractivity contribution >= 4 is 30.4 Å². The van der Waals surface area contributed by atoms with Gasteiger partial charge in [-0.2, -0.15) is 0 Å². The Hall–Kier alpha value is 0.520. The van der Waals surface area contributed by atoms with Crippen molar-refractivity contribution in [2.45, 2.75) is 11.6 Å². The molecule has 0 saturated heterocycles. The molecule has 0 heterocycles. The minimum absolute atomic E-state index is 1.23. The molecule has 1 atom stereocenters. The van der Waals surface area contributed by atoms with Crippen molar-refractivity contribution in [2.24, 2.45) is 5.73 Å². The van der Waals surface area contributed by atoms with Crippen LogP contribution in [0.25, 0.3) is 0 Å². The molecule has 0 radical (unpaired) electrons. The zero-order valence-corrected chi connectivity index (χ0v) is 15.6. The van der Waals surface area contributed by atoms with E-state index in [1.54, 1.807) is 0 Å². The molecule has 18 heteroatoms. The van der Waals surface area contributed by atoms with Crippen LogP contribution in [0.15, 0.2) is 0 Å². The first-order valence-corrected chi connectivity index (χ1v) is 13.1. The number of rotatable bonds is 10. The van der Waals surface area contributed by atoms with E-state index in [0.29, 0.717) is 0 Å². The lowest BCUT2D eigenvalue weighted by Crippen LogP contribution is -2.64. The first kappa shape index (κ1) is 24.5. The van der Waals surface area contributed by atoms with E-state index in [2.05, 4.69) is 0 Å². The molecular weight excluding hydrogens is 416 g/mol. The van der Waals surface area contributed by atoms with Crippen LogP contribution in [0, 0.1) is 0 Å². The highest BCUT2D eigenvalue weighted by molar-refractivity contribution is 7.53. The van der Waals surface area contributed by atoms with Gasteiger partial charge in [-0.3, -0.25) is 23.6 Å². The van der Waals surface area contributed by atoms with Crippen molar-refractivity contribution in [1.82, 2.24) is 5.32 Å². The summed E-state index contributed by atoms with van der Waals surface area (Å²) < 4.78 is 44.6. The summed E-state index contributed by atoms with van der Waals surface area (Å²) in [4.78, 5) is 72.0. The van der Waals surface area contributed by atoms with Gasteiger partial charge in [-0.15, -0.1) is 0 Å². The molecule has 0 aromatic heterocycles. The molecule has 0 rings (SSSR count). The van der Waals surface area contributed by atoms with Crippen molar-refractivity contribution in [1.29, 1.82) is 0 Å². The van der Waals surface area contributed by atoms with E-state index < -0.39 is 66.7 Å². The molecule has 0 aliphatic heterocycles. The molecule has 146 valence electrons. The minimum atomic E-state index is -5.07. The zero-order valence-electron chi connectivity index (χ0n) is 12.0. The molecule has 0 aromatic rings. The van der Waals surface area contributed by atoms with Crippen LogP contribution in [0.1, 0.15) is 0 Å². The molecule has 24 heavy (non-hydrogen) atoms. The Bertz CT molecular complexity index is 589. The van der Waals surface area contributed by atoms with E-state index in [1.165, 1.54) is 0 Å². The number of nitrogens with one attached hydrogen (secondary N) is 1. The van der Waals surface area contributed by atoms with Crippen LogP contribution in [0.5, 0.6) is 0 Å². The largest absolute Gasteiger partial charge is 0.339 e. The Morgan fingerprint density at radius 1 is 0.750 bits per heavy atom. The van der Waals surface area contributed by atoms with Gasteiger partial charge in [0.1, 0.15) is 0 Å². The van der Waals surface area contributed by atoms with E-state index in [1.807, 2.05) is 5.32 Å². The summed E-state index contributed by atoms with van der Waals surface area (Å²) in [6.07, 6.45) is -5.33. The third-order valence-corrected chi connectivity index (χ3v) is 6.15. The normalized spacial score (nSPS) is 16.2. The predicted octanol–water partition coefficient (Wildman–Crippen LogP) is -2.69. The van der Waals surface area contributed by atoms with Crippen molar-refractivity contribution in [3.63, 3.8) is 0 Å². The van der Waals surface area contributed by atoms with Crippen LogP contribution >= 0.6 is 30.4 Å². The topological polar surface area (TPSA) is 268 Å². The standard InChI is InChI=1S/C6H20N2O12P4/c7-5(1-21(9,10)11)6(2-22(12,13)14,3-23(15,16)17)8-4-24(18,19)20/h5,8H,1-4,7H2,(H2,9,10,11)(H2,12,13,14)(H2,15,16,17)(H2,18,19,20). The van der Waals surface area contributed by atoms with Gasteiger partial charge in [-0.1, -0.05) is 0 Å². The van der Waals surface area contributed by atoms with Gasteiger partial charge in [-0.05, 0) is 0 Å². The highest BCUT2D eigenvalue weighted by Crippen LogP contribution is 2.49. The summed E-state index contributed by atoms with van der Waals surface area (Å²) in [7, 11) is -19.9. The first-order valence-electron chi connectivity index (χ1n) is 5.94. The zero-order chi connectivity index (χ0) is 19.6. The lowest BCUT2D eigenvalue weighted by molar-refractivity contribution is 0.274. The smallest absolute Gasteiger partial charge is 0.326 e. The lowest BCUT2D eigenvalue weighted by atomic mass is 9.96. The molecule has 14 nitrogen and oxygen atoms in total. The quantitative estimate of drug-likeness (QED) is 0.156. The van der Waals surface area contributed by atoms with Crippen LogP contribution in [-0.4, -0.2) is 75.5 Å². The molecule has 0 amide bonds. The average molecular weight is 436 g/mol. The van der Waals surface area contributed by atoms with Crippen LogP contribution < -0.4 is 11.1 Å². The fourth-order valence-corrected chi connectivity index (χ4v) is 5.90. The van der Waals surface area contributed by atoms with Gasteiger partial charge in [-0.25, -0.2) is 0 Å². The molecule has 1 unspecified atom stereocenters. The number of nitrogens with two attached hydrogens (primary N) is 1. The van der Waals surface area contributed by atoms with Crippen molar-refractivity contribution < 1.29 is 57.4 Å². The van der Waals surface area contributed by atoms with Crippen molar-refractivity contribution in [3.05, 3.63) is 0 Å². The van der Waals surface area contributed by atoms with Gasteiger partial charge in [0.05, 0.1) is 30.3 Å². The number of hydrogen-bond acceptors (Lipinski definition) is 6. The molecule has 0 aliphatic carbocycles. The lowest BCUT2D eigenvalue weighted by Gasteiger charge is -2.40. The molecule has 0 aliphatic rings. The maximum absolute atomic E-state index is 11.3. The van der Waals surface area contributed by atoms with Crippen LogP contribution in [-0.2, 0) is 18.3 Å². The third kappa shape index (κ3) is 11.2. The summed E-state index contributed by atoms with van der Waals surface area (Å²) in [5.74, 6) is 0. The summed E-state index contributed by atoms with van der Waals surface area (Å²) in [5.41, 5.74) is 2.95. The highest BCUT2D eigenvalue weighted by atomic mass is 31.2. The Balaban J connectivity index is 5.99. The van der Waals surface area contributed by atoms with E-state index in [4.69, 9.17) is 44.9 Å². The Labute approximate surface area is 136 Å². The summed E-state index contributed by atoms with van der Waals surface area (Å²) in [5, 5.41) is 1.89. The number of hydrogen-bond donors (Lipinski definition) is 10. The molecule has 0 spiro atoms. The van der Waals surface area contributed by atoms with Crippen LogP contribution in [0.2, 0.25) is 0 Å². The maximum Gasteiger partial charge on any atom is 0.339 e.